The summed E-state index contributed by atoms with van der Waals surface area (Å²) < 4.78 is 11.2. The lowest BCUT2D eigenvalue weighted by Gasteiger charge is -2.07. The Bertz CT molecular complexity index is 1080. The summed E-state index contributed by atoms with van der Waals surface area (Å²) in [6, 6.07) is 15.0. The highest BCUT2D eigenvalue weighted by atomic mass is 35.5. The number of halogens is 1. The molecule has 0 unspecified atom stereocenters. The monoisotopic (exact) mass is 391 g/mol. The number of hydrogen-bond donors (Lipinski definition) is 0. The number of allylic oxidation sites excluding steroid dienone is 1. The van der Waals surface area contributed by atoms with Gasteiger partial charge in [0.25, 0.3) is 0 Å². The minimum atomic E-state index is -0.199. The van der Waals surface area contributed by atoms with Crippen molar-refractivity contribution in [2.24, 2.45) is 0 Å². The SMILES string of the molecule is O=C(COc1ccc2c(c1)OC(=Cc1ccncc1)C2=O)c1ccc(Cl)cc1. The maximum atomic E-state index is 12.5. The van der Waals surface area contributed by atoms with Gasteiger partial charge in [-0.15, -0.1) is 0 Å². The molecule has 0 bridgehead atoms. The second-order valence-corrected chi connectivity index (χ2v) is 6.53. The summed E-state index contributed by atoms with van der Waals surface area (Å²) in [5, 5.41) is 0.563. The van der Waals surface area contributed by atoms with Gasteiger partial charge < -0.3 is 9.47 Å². The molecule has 3 aromatic rings. The number of pyridine rings is 1. The number of nitrogens with zero attached hydrogens (tertiary/aromatic N) is 1. The Morgan fingerprint density at radius 2 is 1.82 bits per heavy atom. The third-order valence-corrected chi connectivity index (χ3v) is 4.43. The second kappa shape index (κ2) is 7.66. The first-order valence-corrected chi connectivity index (χ1v) is 8.88. The molecule has 5 nitrogen and oxygen atoms in total. The van der Waals surface area contributed by atoms with Crippen molar-refractivity contribution in [3.05, 3.63) is 94.5 Å². The summed E-state index contributed by atoms with van der Waals surface area (Å²) in [6.45, 7) is -0.131. The normalized spacial score (nSPS) is 13.9. The Labute approximate surface area is 166 Å². The quantitative estimate of drug-likeness (QED) is 0.469. The van der Waals surface area contributed by atoms with Crippen LogP contribution in [0.15, 0.2) is 72.8 Å². The van der Waals surface area contributed by atoms with Crippen molar-refractivity contribution in [1.29, 1.82) is 0 Å². The topological polar surface area (TPSA) is 65.5 Å². The van der Waals surface area contributed by atoms with Crippen LogP contribution in [0.5, 0.6) is 11.5 Å². The molecule has 0 N–H and O–H groups in total. The summed E-state index contributed by atoms with van der Waals surface area (Å²) in [7, 11) is 0. The van der Waals surface area contributed by atoms with Crippen molar-refractivity contribution in [1.82, 2.24) is 4.98 Å². The summed E-state index contributed by atoms with van der Waals surface area (Å²) >= 11 is 5.83. The molecule has 2 heterocycles. The van der Waals surface area contributed by atoms with Crippen LogP contribution < -0.4 is 9.47 Å². The van der Waals surface area contributed by atoms with Gasteiger partial charge in [0.15, 0.2) is 18.1 Å². The Morgan fingerprint density at radius 3 is 2.57 bits per heavy atom. The van der Waals surface area contributed by atoms with E-state index < -0.39 is 0 Å². The molecule has 6 heteroatoms. The van der Waals surface area contributed by atoms with Crippen LogP contribution >= 0.6 is 11.6 Å². The van der Waals surface area contributed by atoms with Crippen molar-refractivity contribution in [2.45, 2.75) is 0 Å². The lowest BCUT2D eigenvalue weighted by atomic mass is 10.1. The van der Waals surface area contributed by atoms with E-state index in [2.05, 4.69) is 4.98 Å². The zero-order valence-electron chi connectivity index (χ0n) is 14.6. The van der Waals surface area contributed by atoms with Crippen LogP contribution in [0.3, 0.4) is 0 Å². The molecule has 1 aliphatic rings. The van der Waals surface area contributed by atoms with Gasteiger partial charge in [0, 0.05) is 29.0 Å². The highest BCUT2D eigenvalue weighted by molar-refractivity contribution is 6.30. The average Bonchev–Trinajstić information content (AvgIpc) is 3.02. The lowest BCUT2D eigenvalue weighted by Crippen LogP contribution is -2.11. The maximum Gasteiger partial charge on any atom is 0.231 e. The number of rotatable bonds is 5. The van der Waals surface area contributed by atoms with Gasteiger partial charge >= 0.3 is 0 Å². The van der Waals surface area contributed by atoms with Gasteiger partial charge in [0.1, 0.15) is 11.5 Å². The molecule has 1 aliphatic heterocycles. The molecular formula is C22H14ClNO4. The van der Waals surface area contributed by atoms with Crippen molar-refractivity contribution in [3.63, 3.8) is 0 Å². The number of ether oxygens (including phenoxy) is 2. The Balaban J connectivity index is 1.46. The summed E-state index contributed by atoms with van der Waals surface area (Å²) in [6.07, 6.45) is 4.94. The van der Waals surface area contributed by atoms with E-state index in [1.165, 1.54) is 0 Å². The molecule has 0 saturated carbocycles. The van der Waals surface area contributed by atoms with Crippen molar-refractivity contribution in [2.75, 3.05) is 6.61 Å². The second-order valence-electron chi connectivity index (χ2n) is 6.10. The maximum absolute atomic E-state index is 12.5. The molecule has 2 aromatic carbocycles. The van der Waals surface area contributed by atoms with Gasteiger partial charge in [-0.2, -0.15) is 0 Å². The fourth-order valence-electron chi connectivity index (χ4n) is 2.74. The molecule has 0 saturated heterocycles. The number of Topliss-reactive ketones (excluding diaryl/α,β-unsaturated/α-hetero) is 2. The van der Waals surface area contributed by atoms with Crippen LogP contribution in [-0.2, 0) is 0 Å². The standard InChI is InChI=1S/C22H14ClNO4/c23-16-3-1-15(2-4-16)19(25)13-27-17-5-6-18-20(12-17)28-21(22(18)26)11-14-7-9-24-10-8-14/h1-12H,13H2. The van der Waals surface area contributed by atoms with Crippen LogP contribution in [0.4, 0.5) is 0 Å². The fraction of sp³-hybridized carbons (Fsp3) is 0.0455. The van der Waals surface area contributed by atoms with Gasteiger partial charge in [0.2, 0.25) is 5.78 Å². The highest BCUT2D eigenvalue weighted by Crippen LogP contribution is 2.34. The predicted octanol–water partition coefficient (Wildman–Crippen LogP) is 4.61. The molecular weight excluding hydrogens is 378 g/mol. The molecule has 28 heavy (non-hydrogen) atoms. The largest absolute Gasteiger partial charge is 0.485 e. The van der Waals surface area contributed by atoms with Crippen LogP contribution in [0.25, 0.3) is 6.08 Å². The molecule has 1 aromatic heterocycles. The van der Waals surface area contributed by atoms with Gasteiger partial charge in [-0.3, -0.25) is 14.6 Å². The lowest BCUT2D eigenvalue weighted by molar-refractivity contribution is 0.0921. The number of benzene rings is 2. The zero-order valence-corrected chi connectivity index (χ0v) is 15.3. The number of carbonyl (C=O) groups excluding carboxylic acids is 2. The molecule has 0 atom stereocenters. The highest BCUT2D eigenvalue weighted by Gasteiger charge is 2.27. The molecule has 0 amide bonds. The van der Waals surface area contributed by atoms with Crippen LogP contribution in [-0.4, -0.2) is 23.2 Å². The van der Waals surface area contributed by atoms with Crippen molar-refractivity contribution < 1.29 is 19.1 Å². The van der Waals surface area contributed by atoms with Gasteiger partial charge in [-0.1, -0.05) is 11.6 Å². The van der Waals surface area contributed by atoms with E-state index in [9.17, 15) is 9.59 Å². The first kappa shape index (κ1) is 17.9. The van der Waals surface area contributed by atoms with Crippen molar-refractivity contribution in [3.8, 4) is 11.5 Å². The Hall–Kier alpha value is -3.44. The van der Waals surface area contributed by atoms with Crippen LogP contribution in [0, 0.1) is 0 Å². The Kier molecular flexibility index (Phi) is 4.91. The summed E-state index contributed by atoms with van der Waals surface area (Å²) in [4.78, 5) is 28.6. The minimum absolute atomic E-state index is 0.131. The van der Waals surface area contributed by atoms with E-state index in [1.807, 2.05) is 0 Å². The number of ketones is 2. The molecule has 138 valence electrons. The van der Waals surface area contributed by atoms with Gasteiger partial charge in [-0.25, -0.2) is 0 Å². The average molecular weight is 392 g/mol. The zero-order chi connectivity index (χ0) is 19.5. The van der Waals surface area contributed by atoms with E-state index >= 15 is 0 Å². The van der Waals surface area contributed by atoms with Crippen LogP contribution in [0.2, 0.25) is 5.02 Å². The minimum Gasteiger partial charge on any atom is -0.485 e. The van der Waals surface area contributed by atoms with E-state index in [0.717, 1.165) is 5.56 Å². The molecule has 0 spiro atoms. The van der Waals surface area contributed by atoms with Gasteiger partial charge in [0.05, 0.1) is 5.56 Å². The van der Waals surface area contributed by atoms with Crippen molar-refractivity contribution >= 4 is 29.2 Å². The number of hydrogen-bond acceptors (Lipinski definition) is 5. The number of aromatic nitrogens is 1. The van der Waals surface area contributed by atoms with E-state index in [-0.39, 0.29) is 23.9 Å². The summed E-state index contributed by atoms with van der Waals surface area (Å²) in [5.74, 6) is 0.708. The first-order valence-electron chi connectivity index (χ1n) is 8.50. The number of fused-ring (bicyclic) bond motifs is 1. The molecule has 0 radical (unpaired) electrons. The van der Waals surface area contributed by atoms with Crippen LogP contribution in [0.1, 0.15) is 26.3 Å². The molecule has 4 rings (SSSR count). The first-order chi connectivity index (χ1) is 13.6. The predicted molar refractivity (Wildman–Crippen MR) is 105 cm³/mol. The third-order valence-electron chi connectivity index (χ3n) is 4.18. The number of carbonyl (C=O) groups is 2. The van der Waals surface area contributed by atoms with E-state index in [4.69, 9.17) is 21.1 Å². The van der Waals surface area contributed by atoms with Gasteiger partial charge in [-0.05, 0) is 60.2 Å². The van der Waals surface area contributed by atoms with E-state index in [1.54, 1.807) is 73.1 Å². The smallest absolute Gasteiger partial charge is 0.231 e. The van der Waals surface area contributed by atoms with E-state index in [0.29, 0.717) is 27.6 Å². The fourth-order valence-corrected chi connectivity index (χ4v) is 2.86. The Morgan fingerprint density at radius 1 is 1.07 bits per heavy atom. The third kappa shape index (κ3) is 3.80. The summed E-state index contributed by atoms with van der Waals surface area (Å²) in [5.41, 5.74) is 1.78. The molecule has 0 aliphatic carbocycles. The molecule has 0 fully saturated rings.